The summed E-state index contributed by atoms with van der Waals surface area (Å²) in [5.74, 6) is 0.984. The van der Waals surface area contributed by atoms with Gasteiger partial charge in [0, 0.05) is 5.02 Å². The third-order valence-corrected chi connectivity index (χ3v) is 6.94. The number of benzene rings is 4. The van der Waals surface area contributed by atoms with Crippen LogP contribution >= 0.6 is 22.9 Å². The number of hydrogen-bond donors (Lipinski definition) is 0. The number of carbonyl (C=O) groups excluding carboxylic acids is 1. The monoisotopic (exact) mass is 484 g/mol. The SMILES string of the molecule is Cc1c(Cl)ccc2sc(N(Cc3ccccc3)C(=O)c3ccccc3Oc3ccccc3)nc12. The molecule has 0 aliphatic rings. The van der Waals surface area contributed by atoms with Crippen LogP contribution in [0.1, 0.15) is 21.5 Å². The highest BCUT2D eigenvalue weighted by Crippen LogP contribution is 2.36. The molecule has 0 spiro atoms. The van der Waals surface area contributed by atoms with Crippen molar-refractivity contribution in [1.29, 1.82) is 0 Å². The average Bonchev–Trinajstić information content (AvgIpc) is 3.31. The van der Waals surface area contributed by atoms with Crippen molar-refractivity contribution < 1.29 is 9.53 Å². The topological polar surface area (TPSA) is 42.4 Å². The van der Waals surface area contributed by atoms with E-state index in [1.165, 1.54) is 11.3 Å². The molecular formula is C28H21ClN2O2S. The number of aromatic nitrogens is 1. The fourth-order valence-electron chi connectivity index (χ4n) is 3.69. The number of fused-ring (bicyclic) bond motifs is 1. The Morgan fingerprint density at radius 3 is 2.35 bits per heavy atom. The number of anilines is 1. The molecule has 0 aliphatic heterocycles. The molecule has 4 aromatic carbocycles. The van der Waals surface area contributed by atoms with E-state index in [-0.39, 0.29) is 5.91 Å². The van der Waals surface area contributed by atoms with Crippen LogP contribution in [0.25, 0.3) is 10.2 Å². The Hall–Kier alpha value is -3.67. The molecule has 0 N–H and O–H groups in total. The van der Waals surface area contributed by atoms with E-state index >= 15 is 0 Å². The van der Waals surface area contributed by atoms with E-state index in [0.717, 1.165) is 21.3 Å². The van der Waals surface area contributed by atoms with Gasteiger partial charge in [-0.3, -0.25) is 9.69 Å². The highest BCUT2D eigenvalue weighted by molar-refractivity contribution is 7.22. The molecule has 0 bridgehead atoms. The highest BCUT2D eigenvalue weighted by Gasteiger charge is 2.25. The van der Waals surface area contributed by atoms with Crippen LogP contribution in [0.5, 0.6) is 11.5 Å². The minimum atomic E-state index is -0.182. The number of nitrogens with zero attached hydrogens (tertiary/aromatic N) is 2. The maximum atomic E-state index is 14.0. The summed E-state index contributed by atoms with van der Waals surface area (Å²) in [7, 11) is 0. The van der Waals surface area contributed by atoms with Gasteiger partial charge in [-0.2, -0.15) is 0 Å². The Balaban J connectivity index is 1.58. The van der Waals surface area contributed by atoms with Crippen molar-refractivity contribution >= 4 is 44.2 Å². The molecule has 0 fully saturated rings. The molecule has 168 valence electrons. The van der Waals surface area contributed by atoms with Crippen molar-refractivity contribution in [1.82, 2.24) is 4.98 Å². The lowest BCUT2D eigenvalue weighted by atomic mass is 10.1. The van der Waals surface area contributed by atoms with Crippen LogP contribution in [0, 0.1) is 6.92 Å². The Morgan fingerprint density at radius 1 is 0.912 bits per heavy atom. The first-order valence-electron chi connectivity index (χ1n) is 10.8. The van der Waals surface area contributed by atoms with Crippen LogP contribution in [0.2, 0.25) is 5.02 Å². The summed E-state index contributed by atoms with van der Waals surface area (Å²) in [5, 5.41) is 1.27. The molecule has 0 aliphatic carbocycles. The van der Waals surface area contributed by atoms with Gasteiger partial charge < -0.3 is 4.74 Å². The second-order valence-corrected chi connectivity index (χ2v) is 9.22. The predicted octanol–water partition coefficient (Wildman–Crippen LogP) is 7.90. The van der Waals surface area contributed by atoms with Gasteiger partial charge in [0.15, 0.2) is 5.13 Å². The van der Waals surface area contributed by atoms with Crippen molar-refractivity contribution in [2.75, 3.05) is 4.90 Å². The summed E-state index contributed by atoms with van der Waals surface area (Å²) in [6, 6.07) is 30.5. The molecule has 0 saturated heterocycles. The minimum Gasteiger partial charge on any atom is -0.457 e. The Labute approximate surface area is 207 Å². The number of amides is 1. The van der Waals surface area contributed by atoms with Gasteiger partial charge >= 0.3 is 0 Å². The van der Waals surface area contributed by atoms with Gasteiger partial charge in [-0.1, -0.05) is 83.6 Å². The van der Waals surface area contributed by atoms with E-state index in [1.54, 1.807) is 11.0 Å². The first kappa shape index (κ1) is 22.1. The molecule has 0 atom stereocenters. The number of thiazole rings is 1. The summed E-state index contributed by atoms with van der Waals surface area (Å²) in [6.07, 6.45) is 0. The average molecular weight is 485 g/mol. The van der Waals surface area contributed by atoms with Gasteiger partial charge in [-0.15, -0.1) is 0 Å². The summed E-state index contributed by atoms with van der Waals surface area (Å²) in [4.78, 5) is 20.5. The highest BCUT2D eigenvalue weighted by atomic mass is 35.5. The zero-order valence-electron chi connectivity index (χ0n) is 18.4. The van der Waals surface area contributed by atoms with Gasteiger partial charge in [-0.05, 0) is 54.4 Å². The largest absolute Gasteiger partial charge is 0.457 e. The number of halogens is 1. The molecule has 5 rings (SSSR count). The third-order valence-electron chi connectivity index (χ3n) is 5.48. The number of para-hydroxylation sites is 2. The second-order valence-electron chi connectivity index (χ2n) is 7.80. The molecular weight excluding hydrogens is 464 g/mol. The van der Waals surface area contributed by atoms with Gasteiger partial charge in [0.25, 0.3) is 5.91 Å². The molecule has 0 unspecified atom stereocenters. The summed E-state index contributed by atoms with van der Waals surface area (Å²) in [6.45, 7) is 2.33. The number of hydrogen-bond acceptors (Lipinski definition) is 4. The lowest BCUT2D eigenvalue weighted by Gasteiger charge is -2.21. The Kier molecular flexibility index (Phi) is 6.30. The van der Waals surface area contributed by atoms with E-state index < -0.39 is 0 Å². The van der Waals surface area contributed by atoms with Crippen molar-refractivity contribution in [2.24, 2.45) is 0 Å². The van der Waals surface area contributed by atoms with Crippen LogP contribution in [-0.2, 0) is 6.54 Å². The fraction of sp³-hybridized carbons (Fsp3) is 0.0714. The lowest BCUT2D eigenvalue weighted by Crippen LogP contribution is -2.30. The fourth-order valence-corrected chi connectivity index (χ4v) is 4.87. The first-order valence-corrected chi connectivity index (χ1v) is 12.0. The molecule has 34 heavy (non-hydrogen) atoms. The normalized spacial score (nSPS) is 10.9. The summed E-state index contributed by atoms with van der Waals surface area (Å²) >= 11 is 7.80. The van der Waals surface area contributed by atoms with Gasteiger partial charge in [0.2, 0.25) is 0 Å². The van der Waals surface area contributed by atoms with Gasteiger partial charge in [0.05, 0.1) is 22.3 Å². The second kappa shape index (κ2) is 9.67. The minimum absolute atomic E-state index is 0.182. The number of aryl methyl sites for hydroxylation is 1. The zero-order valence-corrected chi connectivity index (χ0v) is 20.0. The van der Waals surface area contributed by atoms with Crippen molar-refractivity contribution in [3.8, 4) is 11.5 Å². The van der Waals surface area contributed by atoms with Crippen LogP contribution < -0.4 is 9.64 Å². The van der Waals surface area contributed by atoms with Crippen LogP contribution in [0.4, 0.5) is 5.13 Å². The molecule has 1 amide bonds. The molecule has 1 aromatic heterocycles. The maximum Gasteiger partial charge on any atom is 0.264 e. The number of rotatable bonds is 6. The quantitative estimate of drug-likeness (QED) is 0.246. The molecule has 5 aromatic rings. The van der Waals surface area contributed by atoms with E-state index in [4.69, 9.17) is 21.3 Å². The number of carbonyl (C=O) groups is 1. The lowest BCUT2D eigenvalue weighted by molar-refractivity contribution is 0.0983. The standard InChI is InChI=1S/C28H21ClN2O2S/c1-19-23(29)16-17-25-26(19)30-28(34-25)31(18-20-10-4-2-5-11-20)27(32)22-14-8-9-15-24(22)33-21-12-6-3-7-13-21/h2-17H,18H2,1H3. The Bertz CT molecular complexity index is 1450. The molecule has 0 saturated carbocycles. The number of ether oxygens (including phenoxy) is 1. The van der Waals surface area contributed by atoms with Crippen LogP contribution in [0.15, 0.2) is 97.1 Å². The van der Waals surface area contributed by atoms with Crippen molar-refractivity contribution in [3.05, 3.63) is 119 Å². The molecule has 4 nitrogen and oxygen atoms in total. The maximum absolute atomic E-state index is 14.0. The molecule has 1 heterocycles. The van der Waals surface area contributed by atoms with Crippen LogP contribution in [-0.4, -0.2) is 10.9 Å². The van der Waals surface area contributed by atoms with E-state index in [9.17, 15) is 4.79 Å². The van der Waals surface area contributed by atoms with Crippen molar-refractivity contribution in [2.45, 2.75) is 13.5 Å². The van der Waals surface area contributed by atoms with Gasteiger partial charge in [0.1, 0.15) is 11.5 Å². The molecule has 0 radical (unpaired) electrons. The Morgan fingerprint density at radius 2 is 1.59 bits per heavy atom. The van der Waals surface area contributed by atoms with E-state index in [2.05, 4.69) is 0 Å². The smallest absolute Gasteiger partial charge is 0.264 e. The summed E-state index contributed by atoms with van der Waals surface area (Å²) in [5.41, 5.74) is 3.19. The van der Waals surface area contributed by atoms with E-state index in [1.807, 2.05) is 97.9 Å². The first-order chi connectivity index (χ1) is 16.6. The third kappa shape index (κ3) is 4.53. The van der Waals surface area contributed by atoms with Crippen molar-refractivity contribution in [3.63, 3.8) is 0 Å². The predicted molar refractivity (Wildman–Crippen MR) is 139 cm³/mol. The molecule has 6 heteroatoms. The van der Waals surface area contributed by atoms with Gasteiger partial charge in [-0.25, -0.2) is 4.98 Å². The summed E-state index contributed by atoms with van der Waals surface area (Å²) < 4.78 is 7.06. The zero-order chi connectivity index (χ0) is 23.5. The van der Waals surface area contributed by atoms with Crippen LogP contribution in [0.3, 0.4) is 0 Å². The van der Waals surface area contributed by atoms with E-state index in [0.29, 0.717) is 33.8 Å².